The topological polar surface area (TPSA) is 47.0 Å². The SMILES string of the molecule is Cc1ccc2[nH]c3c(cc(-c4ccc(OCc5ccccc5)cc4)c(=O)n3C)c2c1. The molecule has 0 saturated heterocycles. The van der Waals surface area contributed by atoms with E-state index in [1.807, 2.05) is 67.7 Å². The van der Waals surface area contributed by atoms with Gasteiger partial charge in [-0.2, -0.15) is 0 Å². The minimum absolute atomic E-state index is 0.0243. The third-order valence-corrected chi connectivity index (χ3v) is 5.55. The standard InChI is InChI=1S/C26H22N2O2/c1-17-8-13-24-22(14-17)23-15-21(26(29)28(2)25(23)27-24)19-9-11-20(12-10-19)30-16-18-6-4-3-5-7-18/h3-15,27H,16H2,1-2H3. The van der Waals surface area contributed by atoms with Crippen molar-refractivity contribution in [3.05, 3.63) is 100 Å². The van der Waals surface area contributed by atoms with Gasteiger partial charge in [0.1, 0.15) is 18.0 Å². The minimum Gasteiger partial charge on any atom is -0.489 e. The fraction of sp³-hybridized carbons (Fsp3) is 0.115. The fourth-order valence-corrected chi connectivity index (χ4v) is 3.89. The molecule has 4 heteroatoms. The highest BCUT2D eigenvalue weighted by molar-refractivity contribution is 6.07. The van der Waals surface area contributed by atoms with Gasteiger partial charge in [-0.1, -0.05) is 54.1 Å². The maximum Gasteiger partial charge on any atom is 0.259 e. The molecule has 148 valence electrons. The average Bonchev–Trinajstić information content (AvgIpc) is 3.14. The highest BCUT2D eigenvalue weighted by atomic mass is 16.5. The molecule has 0 spiro atoms. The monoisotopic (exact) mass is 394 g/mol. The molecule has 2 heterocycles. The van der Waals surface area contributed by atoms with Crippen molar-refractivity contribution in [1.29, 1.82) is 0 Å². The molecular formula is C26H22N2O2. The van der Waals surface area contributed by atoms with Crippen LogP contribution in [0.2, 0.25) is 0 Å². The number of aromatic nitrogens is 2. The van der Waals surface area contributed by atoms with Crippen molar-refractivity contribution in [2.24, 2.45) is 7.05 Å². The molecular weight excluding hydrogens is 372 g/mol. The van der Waals surface area contributed by atoms with Crippen molar-refractivity contribution in [3.8, 4) is 16.9 Å². The third-order valence-electron chi connectivity index (χ3n) is 5.55. The Labute approximate surface area is 174 Å². The van der Waals surface area contributed by atoms with Crippen molar-refractivity contribution >= 4 is 21.9 Å². The lowest BCUT2D eigenvalue weighted by atomic mass is 10.0. The van der Waals surface area contributed by atoms with Gasteiger partial charge in [0.25, 0.3) is 5.56 Å². The Bertz CT molecular complexity index is 1410. The number of nitrogens with zero attached hydrogens (tertiary/aromatic N) is 1. The summed E-state index contributed by atoms with van der Waals surface area (Å²) in [6, 6.07) is 26.1. The highest BCUT2D eigenvalue weighted by Gasteiger charge is 2.13. The zero-order chi connectivity index (χ0) is 20.7. The first-order chi connectivity index (χ1) is 14.6. The van der Waals surface area contributed by atoms with Crippen molar-refractivity contribution in [3.63, 3.8) is 0 Å². The van der Waals surface area contributed by atoms with Crippen LogP contribution in [0.3, 0.4) is 0 Å². The molecule has 2 aromatic heterocycles. The molecule has 0 atom stereocenters. The van der Waals surface area contributed by atoms with Gasteiger partial charge >= 0.3 is 0 Å². The number of aromatic amines is 1. The lowest BCUT2D eigenvalue weighted by Crippen LogP contribution is -2.18. The van der Waals surface area contributed by atoms with Gasteiger partial charge in [-0.3, -0.25) is 9.36 Å². The van der Waals surface area contributed by atoms with Crippen molar-refractivity contribution in [2.45, 2.75) is 13.5 Å². The van der Waals surface area contributed by atoms with Gasteiger partial charge in [-0.05, 0) is 48.4 Å². The molecule has 1 N–H and O–H groups in total. The number of H-pyrrole nitrogens is 1. The van der Waals surface area contributed by atoms with Crippen LogP contribution in [0.15, 0.2) is 83.7 Å². The van der Waals surface area contributed by atoms with E-state index in [1.54, 1.807) is 4.57 Å². The number of hydrogen-bond donors (Lipinski definition) is 1. The number of fused-ring (bicyclic) bond motifs is 3. The van der Waals surface area contributed by atoms with Crippen LogP contribution >= 0.6 is 0 Å². The van der Waals surface area contributed by atoms with E-state index in [2.05, 4.69) is 30.1 Å². The van der Waals surface area contributed by atoms with Crippen LogP contribution in [0.4, 0.5) is 0 Å². The van der Waals surface area contributed by atoms with Gasteiger partial charge in [-0.15, -0.1) is 0 Å². The Morgan fingerprint density at radius 2 is 1.67 bits per heavy atom. The van der Waals surface area contributed by atoms with Crippen LogP contribution in [0, 0.1) is 6.92 Å². The maximum atomic E-state index is 13.0. The molecule has 0 aliphatic rings. The van der Waals surface area contributed by atoms with Crippen molar-refractivity contribution < 1.29 is 4.74 Å². The molecule has 0 aliphatic carbocycles. The first-order valence-electron chi connectivity index (χ1n) is 9.99. The quantitative estimate of drug-likeness (QED) is 0.433. The number of rotatable bonds is 4. The van der Waals surface area contributed by atoms with Gasteiger partial charge in [0.15, 0.2) is 0 Å². The van der Waals surface area contributed by atoms with Crippen LogP contribution in [-0.2, 0) is 13.7 Å². The largest absolute Gasteiger partial charge is 0.489 e. The van der Waals surface area contributed by atoms with E-state index in [4.69, 9.17) is 4.74 Å². The van der Waals surface area contributed by atoms with E-state index in [0.717, 1.165) is 38.8 Å². The van der Waals surface area contributed by atoms with Gasteiger partial charge < -0.3 is 9.72 Å². The van der Waals surface area contributed by atoms with Crippen molar-refractivity contribution in [2.75, 3.05) is 0 Å². The number of nitrogens with one attached hydrogen (secondary N) is 1. The van der Waals surface area contributed by atoms with Crippen LogP contribution < -0.4 is 10.3 Å². The Morgan fingerprint density at radius 1 is 0.900 bits per heavy atom. The Balaban J connectivity index is 1.52. The van der Waals surface area contributed by atoms with Gasteiger partial charge in [0.2, 0.25) is 0 Å². The summed E-state index contributed by atoms with van der Waals surface area (Å²) in [5.74, 6) is 0.781. The predicted molar refractivity (Wildman–Crippen MR) is 122 cm³/mol. The number of ether oxygens (including phenoxy) is 1. The Kier molecular flexibility index (Phi) is 4.40. The third kappa shape index (κ3) is 3.16. The number of benzene rings is 3. The lowest BCUT2D eigenvalue weighted by Gasteiger charge is -2.09. The molecule has 0 bridgehead atoms. The van der Waals surface area contributed by atoms with E-state index in [-0.39, 0.29) is 5.56 Å². The zero-order valence-electron chi connectivity index (χ0n) is 17.0. The maximum absolute atomic E-state index is 13.0. The second kappa shape index (κ2) is 7.23. The summed E-state index contributed by atoms with van der Waals surface area (Å²) in [5, 5.41) is 2.18. The molecule has 0 saturated carbocycles. The van der Waals surface area contributed by atoms with Gasteiger partial charge in [-0.25, -0.2) is 0 Å². The van der Waals surface area contributed by atoms with E-state index in [9.17, 15) is 4.79 Å². The second-order valence-corrected chi connectivity index (χ2v) is 7.66. The summed E-state index contributed by atoms with van der Waals surface area (Å²) in [4.78, 5) is 16.4. The molecule has 5 rings (SSSR count). The number of aryl methyl sites for hydroxylation is 2. The first-order valence-corrected chi connectivity index (χ1v) is 9.99. The molecule has 0 fully saturated rings. The summed E-state index contributed by atoms with van der Waals surface area (Å²) < 4.78 is 7.57. The normalized spacial score (nSPS) is 11.3. The predicted octanol–water partition coefficient (Wildman–Crippen LogP) is 5.57. The van der Waals surface area contributed by atoms with Crippen LogP contribution in [-0.4, -0.2) is 9.55 Å². The van der Waals surface area contributed by atoms with Crippen LogP contribution in [0.5, 0.6) is 5.75 Å². The molecule has 3 aromatic carbocycles. The summed E-state index contributed by atoms with van der Waals surface area (Å²) in [6.45, 7) is 2.60. The van der Waals surface area contributed by atoms with E-state index >= 15 is 0 Å². The van der Waals surface area contributed by atoms with Crippen LogP contribution in [0.1, 0.15) is 11.1 Å². The summed E-state index contributed by atoms with van der Waals surface area (Å²) in [7, 11) is 1.81. The van der Waals surface area contributed by atoms with Crippen LogP contribution in [0.25, 0.3) is 33.1 Å². The second-order valence-electron chi connectivity index (χ2n) is 7.66. The summed E-state index contributed by atoms with van der Waals surface area (Å²) in [5.41, 5.74) is 5.73. The average molecular weight is 394 g/mol. The highest BCUT2D eigenvalue weighted by Crippen LogP contribution is 2.29. The smallest absolute Gasteiger partial charge is 0.259 e. The Morgan fingerprint density at radius 3 is 2.43 bits per heavy atom. The van der Waals surface area contributed by atoms with Gasteiger partial charge in [0, 0.05) is 28.9 Å². The summed E-state index contributed by atoms with van der Waals surface area (Å²) >= 11 is 0. The summed E-state index contributed by atoms with van der Waals surface area (Å²) in [6.07, 6.45) is 0. The number of pyridine rings is 1. The van der Waals surface area contributed by atoms with Crippen molar-refractivity contribution in [1.82, 2.24) is 9.55 Å². The molecule has 0 radical (unpaired) electrons. The molecule has 0 amide bonds. The molecule has 30 heavy (non-hydrogen) atoms. The van der Waals surface area contributed by atoms with E-state index in [0.29, 0.717) is 12.2 Å². The Hall–Kier alpha value is -3.79. The lowest BCUT2D eigenvalue weighted by molar-refractivity contribution is 0.306. The minimum atomic E-state index is -0.0243. The molecule has 5 aromatic rings. The molecule has 0 aliphatic heterocycles. The zero-order valence-corrected chi connectivity index (χ0v) is 17.0. The van der Waals surface area contributed by atoms with Gasteiger partial charge in [0.05, 0.1) is 0 Å². The molecule has 4 nitrogen and oxygen atoms in total. The van der Waals surface area contributed by atoms with E-state index < -0.39 is 0 Å². The first kappa shape index (κ1) is 18.3. The van der Waals surface area contributed by atoms with E-state index in [1.165, 1.54) is 5.56 Å². The number of hydrogen-bond acceptors (Lipinski definition) is 2. The fourth-order valence-electron chi connectivity index (χ4n) is 3.89. The molecule has 0 unspecified atom stereocenters.